The van der Waals surface area contributed by atoms with Gasteiger partial charge in [0.05, 0.1) is 6.10 Å². The Bertz CT molecular complexity index is 451. The minimum Gasteiger partial charge on any atom is -0.398 e. The van der Waals surface area contributed by atoms with Crippen LogP contribution in [-0.2, 0) is 0 Å². The molecule has 0 aromatic heterocycles. The Labute approximate surface area is 114 Å². The van der Waals surface area contributed by atoms with Crippen LogP contribution in [0.25, 0.3) is 0 Å². The predicted octanol–water partition coefficient (Wildman–Crippen LogP) is 1.86. The first-order chi connectivity index (χ1) is 9.06. The van der Waals surface area contributed by atoms with Crippen LogP contribution < -0.4 is 11.1 Å². The lowest BCUT2D eigenvalue weighted by atomic mass is 9.87. The molecule has 1 amide bonds. The first-order valence-electron chi connectivity index (χ1n) is 6.88. The number of carbonyl (C=O) groups excluding carboxylic acids is 1. The van der Waals surface area contributed by atoms with Gasteiger partial charge in [0.1, 0.15) is 0 Å². The summed E-state index contributed by atoms with van der Waals surface area (Å²) in [5, 5.41) is 12.4. The number of carbonyl (C=O) groups is 1. The lowest BCUT2D eigenvalue weighted by Crippen LogP contribution is -2.32. The molecule has 1 aliphatic rings. The third-order valence-corrected chi connectivity index (χ3v) is 3.91. The number of hydrogen-bond acceptors (Lipinski definition) is 3. The van der Waals surface area contributed by atoms with E-state index >= 15 is 0 Å². The second-order valence-corrected chi connectivity index (χ2v) is 5.46. The quantitative estimate of drug-likeness (QED) is 0.728. The van der Waals surface area contributed by atoms with Crippen molar-refractivity contribution >= 4 is 11.6 Å². The van der Waals surface area contributed by atoms with E-state index in [9.17, 15) is 9.90 Å². The molecule has 19 heavy (non-hydrogen) atoms. The zero-order valence-corrected chi connectivity index (χ0v) is 11.4. The number of anilines is 1. The minimum atomic E-state index is -0.149. The molecule has 0 unspecified atom stereocenters. The third kappa shape index (κ3) is 3.70. The van der Waals surface area contributed by atoms with Crippen LogP contribution in [-0.4, -0.2) is 23.7 Å². The highest BCUT2D eigenvalue weighted by molar-refractivity contribution is 5.95. The Morgan fingerprint density at radius 1 is 1.37 bits per heavy atom. The maximum atomic E-state index is 12.0. The Morgan fingerprint density at radius 3 is 2.68 bits per heavy atom. The molecule has 1 saturated carbocycles. The average Bonchev–Trinajstić information content (AvgIpc) is 2.41. The van der Waals surface area contributed by atoms with Gasteiger partial charge in [0, 0.05) is 17.8 Å². The van der Waals surface area contributed by atoms with Crippen LogP contribution in [0.1, 0.15) is 41.6 Å². The summed E-state index contributed by atoms with van der Waals surface area (Å²) in [4.78, 5) is 12.0. The normalized spacial score (nSPS) is 23.1. The number of aliphatic hydroxyl groups excluding tert-OH is 1. The molecule has 1 aromatic rings. The van der Waals surface area contributed by atoms with Gasteiger partial charge in [0.25, 0.3) is 5.91 Å². The number of nitrogens with one attached hydrogen (secondary N) is 1. The standard InChI is InChI=1S/C15H22N2O2/c1-10-2-5-12(8-14(10)16)15(19)17-9-11-3-6-13(18)7-4-11/h2,5,8,11,13,18H,3-4,6-7,9,16H2,1H3,(H,17,19). The molecule has 0 radical (unpaired) electrons. The summed E-state index contributed by atoms with van der Waals surface area (Å²) in [6.07, 6.45) is 3.51. The van der Waals surface area contributed by atoms with Gasteiger partial charge in [-0.25, -0.2) is 0 Å². The molecule has 1 aromatic carbocycles. The number of nitrogen functional groups attached to an aromatic ring is 1. The number of benzene rings is 1. The Hall–Kier alpha value is -1.55. The zero-order valence-electron chi connectivity index (χ0n) is 11.4. The highest BCUT2D eigenvalue weighted by atomic mass is 16.3. The summed E-state index contributed by atoms with van der Waals surface area (Å²) in [5.41, 5.74) is 8.05. The molecule has 0 atom stereocenters. The van der Waals surface area contributed by atoms with Crippen molar-refractivity contribution in [1.82, 2.24) is 5.32 Å². The summed E-state index contributed by atoms with van der Waals surface area (Å²) in [6.45, 7) is 2.60. The van der Waals surface area contributed by atoms with E-state index in [0.717, 1.165) is 31.2 Å². The van der Waals surface area contributed by atoms with Crippen molar-refractivity contribution in [1.29, 1.82) is 0 Å². The first kappa shape index (κ1) is 13.9. The molecule has 0 spiro atoms. The predicted molar refractivity (Wildman–Crippen MR) is 75.9 cm³/mol. The van der Waals surface area contributed by atoms with Gasteiger partial charge in [-0.3, -0.25) is 4.79 Å². The molecule has 1 aliphatic carbocycles. The van der Waals surface area contributed by atoms with E-state index in [0.29, 0.717) is 23.7 Å². The molecular formula is C15H22N2O2. The van der Waals surface area contributed by atoms with Crippen molar-refractivity contribution in [3.8, 4) is 0 Å². The van der Waals surface area contributed by atoms with Gasteiger partial charge in [-0.2, -0.15) is 0 Å². The third-order valence-electron chi connectivity index (χ3n) is 3.91. The molecule has 4 nitrogen and oxygen atoms in total. The number of aliphatic hydroxyl groups is 1. The number of nitrogens with two attached hydrogens (primary N) is 1. The van der Waals surface area contributed by atoms with Gasteiger partial charge in [0.15, 0.2) is 0 Å². The Balaban J connectivity index is 1.85. The topological polar surface area (TPSA) is 75.3 Å². The summed E-state index contributed by atoms with van der Waals surface area (Å²) in [5.74, 6) is 0.410. The summed E-state index contributed by atoms with van der Waals surface area (Å²) >= 11 is 0. The van der Waals surface area contributed by atoms with Gasteiger partial charge in [-0.15, -0.1) is 0 Å². The largest absolute Gasteiger partial charge is 0.398 e. The van der Waals surface area contributed by atoms with Crippen molar-refractivity contribution in [2.75, 3.05) is 12.3 Å². The fourth-order valence-corrected chi connectivity index (χ4v) is 2.47. The highest BCUT2D eigenvalue weighted by Gasteiger charge is 2.19. The molecule has 104 valence electrons. The van der Waals surface area contributed by atoms with Crippen molar-refractivity contribution in [2.24, 2.45) is 5.92 Å². The van der Waals surface area contributed by atoms with E-state index in [1.807, 2.05) is 13.0 Å². The molecule has 0 heterocycles. The van der Waals surface area contributed by atoms with Crippen molar-refractivity contribution in [3.63, 3.8) is 0 Å². The first-order valence-corrected chi connectivity index (χ1v) is 6.88. The van der Waals surface area contributed by atoms with Crippen LogP contribution in [0, 0.1) is 12.8 Å². The van der Waals surface area contributed by atoms with E-state index < -0.39 is 0 Å². The summed E-state index contributed by atoms with van der Waals surface area (Å²) in [6, 6.07) is 5.38. The monoisotopic (exact) mass is 262 g/mol. The van der Waals surface area contributed by atoms with Gasteiger partial charge < -0.3 is 16.2 Å². The Morgan fingerprint density at radius 2 is 2.05 bits per heavy atom. The van der Waals surface area contributed by atoms with Crippen LogP contribution in [0.4, 0.5) is 5.69 Å². The van der Waals surface area contributed by atoms with Gasteiger partial charge >= 0.3 is 0 Å². The van der Waals surface area contributed by atoms with E-state index in [1.54, 1.807) is 12.1 Å². The number of aryl methyl sites for hydroxylation is 1. The van der Waals surface area contributed by atoms with Gasteiger partial charge in [-0.1, -0.05) is 6.07 Å². The van der Waals surface area contributed by atoms with Crippen molar-refractivity contribution in [2.45, 2.75) is 38.7 Å². The summed E-state index contributed by atoms with van der Waals surface area (Å²) in [7, 11) is 0. The zero-order chi connectivity index (χ0) is 13.8. The van der Waals surface area contributed by atoms with Gasteiger partial charge in [0.2, 0.25) is 0 Å². The number of hydrogen-bond donors (Lipinski definition) is 3. The van der Waals surface area contributed by atoms with Crippen LogP contribution in [0.2, 0.25) is 0 Å². The van der Waals surface area contributed by atoms with Crippen molar-refractivity contribution < 1.29 is 9.90 Å². The number of rotatable bonds is 3. The van der Waals surface area contributed by atoms with Crippen LogP contribution in [0.15, 0.2) is 18.2 Å². The van der Waals surface area contributed by atoms with E-state index in [-0.39, 0.29) is 12.0 Å². The molecule has 4 N–H and O–H groups in total. The molecule has 0 aliphatic heterocycles. The van der Waals surface area contributed by atoms with Crippen LogP contribution in [0.5, 0.6) is 0 Å². The van der Waals surface area contributed by atoms with E-state index in [1.165, 1.54) is 0 Å². The second kappa shape index (κ2) is 6.06. The molecule has 4 heteroatoms. The van der Waals surface area contributed by atoms with E-state index in [2.05, 4.69) is 5.32 Å². The molecule has 0 bridgehead atoms. The molecule has 1 fully saturated rings. The molecular weight excluding hydrogens is 240 g/mol. The van der Waals surface area contributed by atoms with Gasteiger partial charge in [-0.05, 0) is 56.2 Å². The average molecular weight is 262 g/mol. The fourth-order valence-electron chi connectivity index (χ4n) is 2.47. The molecule has 0 saturated heterocycles. The molecule has 2 rings (SSSR count). The number of amides is 1. The maximum absolute atomic E-state index is 12.0. The summed E-state index contributed by atoms with van der Waals surface area (Å²) < 4.78 is 0. The minimum absolute atomic E-state index is 0.0715. The second-order valence-electron chi connectivity index (χ2n) is 5.46. The Kier molecular flexibility index (Phi) is 4.43. The van der Waals surface area contributed by atoms with Crippen molar-refractivity contribution in [3.05, 3.63) is 29.3 Å². The van der Waals surface area contributed by atoms with Crippen LogP contribution >= 0.6 is 0 Å². The van der Waals surface area contributed by atoms with Crippen LogP contribution in [0.3, 0.4) is 0 Å². The smallest absolute Gasteiger partial charge is 0.251 e. The highest BCUT2D eigenvalue weighted by Crippen LogP contribution is 2.23. The lowest BCUT2D eigenvalue weighted by Gasteiger charge is -2.25. The fraction of sp³-hybridized carbons (Fsp3) is 0.533. The van der Waals surface area contributed by atoms with E-state index in [4.69, 9.17) is 5.73 Å². The maximum Gasteiger partial charge on any atom is 0.251 e. The lowest BCUT2D eigenvalue weighted by molar-refractivity contribution is 0.0910. The SMILES string of the molecule is Cc1ccc(C(=O)NCC2CCC(O)CC2)cc1N.